The van der Waals surface area contributed by atoms with Crippen LogP contribution in [0.25, 0.3) is 0 Å². The first-order chi connectivity index (χ1) is 15.6. The summed E-state index contributed by atoms with van der Waals surface area (Å²) in [4.78, 5) is 10.8. The molecule has 3 aromatic rings. The highest BCUT2D eigenvalue weighted by Gasteiger charge is 2.39. The number of Topliss-reactive ketones (excluding diaryl/α,β-unsaturated/α-hetero) is 1. The average Bonchev–Trinajstić information content (AvgIpc) is 2.78. The van der Waals surface area contributed by atoms with Crippen LogP contribution in [0.2, 0.25) is 0 Å². The number of benzene rings is 3. The normalized spacial score (nSPS) is 11.3. The number of nitriles is 2. The lowest BCUT2D eigenvalue weighted by Crippen LogP contribution is -2.38. The highest BCUT2D eigenvalue weighted by Crippen LogP contribution is 2.34. The molecule has 0 unspecified atom stereocenters. The van der Waals surface area contributed by atoms with E-state index in [0.717, 1.165) is 12.1 Å². The van der Waals surface area contributed by atoms with Gasteiger partial charge in [-0.1, -0.05) is 24.3 Å². The lowest BCUT2D eigenvalue weighted by atomic mass is 10.1. The molecule has 0 aliphatic carbocycles. The van der Waals surface area contributed by atoms with Crippen molar-refractivity contribution in [2.75, 3.05) is 3.71 Å². The SMILES string of the molecule is CC(=O)c1ccc(N(S(=O)(=O)c2ccccc2C#N)S(=O)(=O)c2ccccc2C#N)cc1C. The summed E-state index contributed by atoms with van der Waals surface area (Å²) >= 11 is 0. The van der Waals surface area contributed by atoms with Crippen LogP contribution < -0.4 is 3.71 Å². The summed E-state index contributed by atoms with van der Waals surface area (Å²) in [7, 11) is -9.70. The number of anilines is 1. The number of rotatable bonds is 6. The van der Waals surface area contributed by atoms with E-state index >= 15 is 0 Å². The van der Waals surface area contributed by atoms with Gasteiger partial charge in [-0.25, -0.2) is 0 Å². The van der Waals surface area contributed by atoms with E-state index in [4.69, 9.17) is 0 Å². The third kappa shape index (κ3) is 4.22. The smallest absolute Gasteiger partial charge is 0.279 e. The van der Waals surface area contributed by atoms with Crippen molar-refractivity contribution in [3.05, 3.63) is 89.0 Å². The van der Waals surface area contributed by atoms with Crippen molar-refractivity contribution in [2.24, 2.45) is 0 Å². The average molecular weight is 480 g/mol. The molecule has 8 nitrogen and oxygen atoms in total. The number of carbonyl (C=O) groups excluding carboxylic acids is 1. The molecule has 0 aliphatic heterocycles. The molecule has 0 aliphatic rings. The maximum absolute atomic E-state index is 13.7. The van der Waals surface area contributed by atoms with Crippen LogP contribution in [0, 0.1) is 29.6 Å². The zero-order valence-corrected chi connectivity index (χ0v) is 19.2. The topological polar surface area (TPSA) is 136 Å². The second-order valence-corrected chi connectivity index (χ2v) is 10.7. The number of sulfonamides is 2. The van der Waals surface area contributed by atoms with Crippen molar-refractivity contribution >= 4 is 31.5 Å². The highest BCUT2D eigenvalue weighted by atomic mass is 32.3. The number of hydrogen-bond donors (Lipinski definition) is 0. The second kappa shape index (κ2) is 8.87. The molecule has 3 rings (SSSR count). The van der Waals surface area contributed by atoms with Gasteiger partial charge in [0.05, 0.1) is 16.8 Å². The zero-order valence-electron chi connectivity index (χ0n) is 17.6. The summed E-state index contributed by atoms with van der Waals surface area (Å²) in [5.41, 5.74) is -0.106. The minimum atomic E-state index is -4.85. The van der Waals surface area contributed by atoms with Gasteiger partial charge in [-0.15, -0.1) is 0 Å². The summed E-state index contributed by atoms with van der Waals surface area (Å²) in [6.45, 7) is 2.88. The maximum Gasteiger partial charge on any atom is 0.279 e. The van der Waals surface area contributed by atoms with Gasteiger partial charge in [0, 0.05) is 5.56 Å². The van der Waals surface area contributed by atoms with Crippen LogP contribution in [0.1, 0.15) is 34.0 Å². The lowest BCUT2D eigenvalue weighted by molar-refractivity contribution is 0.101. The van der Waals surface area contributed by atoms with Crippen molar-refractivity contribution in [3.8, 4) is 12.1 Å². The van der Waals surface area contributed by atoms with Crippen molar-refractivity contribution < 1.29 is 21.6 Å². The predicted octanol–water partition coefficient (Wildman–Crippen LogP) is 3.53. The Morgan fingerprint density at radius 3 is 1.64 bits per heavy atom. The monoisotopic (exact) mass is 479 g/mol. The summed E-state index contributed by atoms with van der Waals surface area (Å²) in [5, 5.41) is 18.8. The molecule has 0 atom stereocenters. The molecule has 0 bridgehead atoms. The fourth-order valence-electron chi connectivity index (χ4n) is 3.31. The minimum absolute atomic E-state index is 0.198. The molecule has 0 amide bonds. The van der Waals surface area contributed by atoms with Crippen LogP contribution >= 0.6 is 0 Å². The predicted molar refractivity (Wildman–Crippen MR) is 120 cm³/mol. The van der Waals surface area contributed by atoms with Gasteiger partial charge in [-0.2, -0.15) is 31.1 Å². The standard InChI is InChI=1S/C23H17N3O5S2/c1-16-13-20(11-12-21(16)17(2)27)26(32(28,29)22-9-5-3-7-18(22)14-24)33(30,31)23-10-6-4-8-19(23)15-25/h3-13H,1-2H3. The third-order valence-electron chi connectivity index (χ3n) is 4.81. The molecule has 0 aromatic heterocycles. The molecular formula is C23H17N3O5S2. The van der Waals surface area contributed by atoms with Gasteiger partial charge < -0.3 is 0 Å². The minimum Gasteiger partial charge on any atom is -0.295 e. The summed E-state index contributed by atoms with van der Waals surface area (Å²) in [6.07, 6.45) is 0. The molecule has 0 heterocycles. The van der Waals surface area contributed by atoms with E-state index in [1.807, 2.05) is 0 Å². The molecule has 0 saturated carbocycles. The first kappa shape index (κ1) is 23.7. The van der Waals surface area contributed by atoms with E-state index < -0.39 is 29.8 Å². The molecule has 0 saturated heterocycles. The van der Waals surface area contributed by atoms with Crippen LogP contribution in [0.3, 0.4) is 0 Å². The molecule has 0 N–H and O–H groups in total. The van der Waals surface area contributed by atoms with Gasteiger partial charge in [0.1, 0.15) is 21.9 Å². The quantitative estimate of drug-likeness (QED) is 0.493. The Kier molecular flexibility index (Phi) is 6.36. The fraction of sp³-hybridized carbons (Fsp3) is 0.0870. The largest absolute Gasteiger partial charge is 0.295 e. The molecule has 0 fully saturated rings. The van der Waals surface area contributed by atoms with Gasteiger partial charge in [-0.05, 0) is 61.9 Å². The van der Waals surface area contributed by atoms with Crippen LogP contribution in [0.5, 0.6) is 0 Å². The number of aryl methyl sites for hydroxylation is 1. The van der Waals surface area contributed by atoms with Crippen LogP contribution in [0.4, 0.5) is 5.69 Å². The summed E-state index contributed by atoms with van der Waals surface area (Å²) < 4.78 is 55.0. The first-order valence-corrected chi connectivity index (χ1v) is 12.3. The Balaban J connectivity index is 2.40. The van der Waals surface area contributed by atoms with E-state index in [1.165, 1.54) is 61.5 Å². The Morgan fingerprint density at radius 2 is 1.24 bits per heavy atom. The molecule has 3 aromatic carbocycles. The fourth-order valence-corrected chi connectivity index (χ4v) is 7.25. The van der Waals surface area contributed by atoms with E-state index in [-0.39, 0.29) is 26.3 Å². The number of nitrogens with zero attached hydrogens (tertiary/aromatic N) is 3. The van der Waals surface area contributed by atoms with E-state index in [1.54, 1.807) is 19.1 Å². The van der Waals surface area contributed by atoms with Gasteiger partial charge in [-0.3, -0.25) is 4.79 Å². The van der Waals surface area contributed by atoms with Crippen LogP contribution in [-0.2, 0) is 20.0 Å². The number of carbonyl (C=O) groups is 1. The van der Waals surface area contributed by atoms with Gasteiger partial charge >= 0.3 is 0 Å². The summed E-state index contributed by atoms with van der Waals surface area (Å²) in [6, 6.07) is 17.7. The molecule has 33 heavy (non-hydrogen) atoms. The zero-order chi connectivity index (χ0) is 24.4. The molecule has 0 radical (unpaired) electrons. The van der Waals surface area contributed by atoms with Crippen molar-refractivity contribution in [3.63, 3.8) is 0 Å². The molecule has 0 spiro atoms. The van der Waals surface area contributed by atoms with E-state index in [0.29, 0.717) is 11.1 Å². The first-order valence-electron chi connectivity index (χ1n) is 9.46. The Hall–Kier alpha value is -3.99. The maximum atomic E-state index is 13.7. The molecule has 166 valence electrons. The number of ketones is 1. The summed E-state index contributed by atoms with van der Waals surface area (Å²) in [5.74, 6) is -0.277. The van der Waals surface area contributed by atoms with Gasteiger partial charge in [0.15, 0.2) is 5.78 Å². The Labute approximate surface area is 192 Å². The number of hydrogen-bond acceptors (Lipinski definition) is 7. The third-order valence-corrected chi connectivity index (χ3v) is 9.10. The highest BCUT2D eigenvalue weighted by molar-refractivity contribution is 8.10. The lowest BCUT2D eigenvalue weighted by Gasteiger charge is -2.25. The second-order valence-electron chi connectivity index (χ2n) is 6.98. The van der Waals surface area contributed by atoms with Crippen molar-refractivity contribution in [2.45, 2.75) is 23.6 Å². The van der Waals surface area contributed by atoms with E-state index in [9.17, 15) is 32.2 Å². The molecule has 10 heteroatoms. The Morgan fingerprint density at radius 1 is 0.788 bits per heavy atom. The van der Waals surface area contributed by atoms with Gasteiger partial charge in [0.2, 0.25) is 0 Å². The van der Waals surface area contributed by atoms with Crippen molar-refractivity contribution in [1.29, 1.82) is 10.5 Å². The van der Waals surface area contributed by atoms with Crippen LogP contribution in [-0.4, -0.2) is 22.6 Å². The van der Waals surface area contributed by atoms with Gasteiger partial charge in [0.25, 0.3) is 20.0 Å². The molecular weight excluding hydrogens is 462 g/mol. The van der Waals surface area contributed by atoms with E-state index in [2.05, 4.69) is 0 Å². The van der Waals surface area contributed by atoms with Crippen molar-refractivity contribution in [1.82, 2.24) is 0 Å². The Bertz CT molecular complexity index is 1480. The van der Waals surface area contributed by atoms with Crippen LogP contribution in [0.15, 0.2) is 76.5 Å².